The number of hydrogen-bond donors (Lipinski definition) is 2. The molecule has 2 atom stereocenters. The molecular weight excluding hydrogens is 446 g/mol. The van der Waals surface area contributed by atoms with Crippen LogP contribution in [0, 0.1) is 11.7 Å². The molecule has 1 aromatic carbocycles. The van der Waals surface area contributed by atoms with E-state index in [0.717, 1.165) is 37.8 Å². The van der Waals surface area contributed by atoms with E-state index in [2.05, 4.69) is 41.3 Å². The molecule has 2 rings (SSSR count). The van der Waals surface area contributed by atoms with Crippen LogP contribution in [0.25, 0.3) is 0 Å². The SMILES string of the molecule is CN=C(NCC(c1ccc(F)cc1)N1CCOCC1)NC(C)C(C)C.I. The molecule has 1 aliphatic heterocycles. The van der Waals surface area contributed by atoms with Crippen LogP contribution < -0.4 is 10.6 Å². The molecular formula is C19H32FIN4O. The monoisotopic (exact) mass is 478 g/mol. The van der Waals surface area contributed by atoms with E-state index in [4.69, 9.17) is 4.74 Å². The number of rotatable bonds is 6. The van der Waals surface area contributed by atoms with Crippen LogP contribution in [-0.2, 0) is 4.74 Å². The lowest BCUT2D eigenvalue weighted by atomic mass is 10.0. The molecule has 0 radical (unpaired) electrons. The molecule has 7 heteroatoms. The summed E-state index contributed by atoms with van der Waals surface area (Å²) in [6, 6.07) is 7.26. The summed E-state index contributed by atoms with van der Waals surface area (Å²) in [6.45, 7) is 10.4. The van der Waals surface area contributed by atoms with Crippen molar-refractivity contribution in [1.82, 2.24) is 15.5 Å². The van der Waals surface area contributed by atoms with Crippen molar-refractivity contribution in [2.24, 2.45) is 10.9 Å². The minimum Gasteiger partial charge on any atom is -0.379 e. The number of benzene rings is 1. The molecule has 1 fully saturated rings. The van der Waals surface area contributed by atoms with Gasteiger partial charge in [0.25, 0.3) is 0 Å². The average Bonchev–Trinajstić information content (AvgIpc) is 2.62. The van der Waals surface area contributed by atoms with Crippen LogP contribution in [0.2, 0.25) is 0 Å². The number of nitrogens with zero attached hydrogens (tertiary/aromatic N) is 2. The number of guanidine groups is 1. The van der Waals surface area contributed by atoms with Crippen molar-refractivity contribution >= 4 is 29.9 Å². The van der Waals surface area contributed by atoms with Gasteiger partial charge in [-0.25, -0.2) is 4.39 Å². The number of nitrogens with one attached hydrogen (secondary N) is 2. The van der Waals surface area contributed by atoms with Crippen molar-refractivity contribution < 1.29 is 9.13 Å². The maximum absolute atomic E-state index is 13.3. The second-order valence-electron chi connectivity index (χ2n) is 6.85. The molecule has 1 aliphatic rings. The topological polar surface area (TPSA) is 48.9 Å². The van der Waals surface area contributed by atoms with Crippen LogP contribution in [0.1, 0.15) is 32.4 Å². The Balaban J connectivity index is 0.00000338. The van der Waals surface area contributed by atoms with Gasteiger partial charge in [-0.1, -0.05) is 26.0 Å². The molecule has 1 heterocycles. The third-order valence-corrected chi connectivity index (χ3v) is 4.79. The third kappa shape index (κ3) is 7.00. The van der Waals surface area contributed by atoms with Crippen LogP contribution in [-0.4, -0.2) is 56.8 Å². The molecule has 0 aliphatic carbocycles. The number of morpholine rings is 1. The van der Waals surface area contributed by atoms with Crippen LogP contribution in [0.3, 0.4) is 0 Å². The maximum Gasteiger partial charge on any atom is 0.191 e. The fraction of sp³-hybridized carbons (Fsp3) is 0.632. The summed E-state index contributed by atoms with van der Waals surface area (Å²) in [6.07, 6.45) is 0. The van der Waals surface area contributed by atoms with Gasteiger partial charge >= 0.3 is 0 Å². The van der Waals surface area contributed by atoms with Gasteiger partial charge in [0.05, 0.1) is 19.3 Å². The molecule has 0 amide bonds. The Hall–Kier alpha value is -0.930. The van der Waals surface area contributed by atoms with Gasteiger partial charge in [0.1, 0.15) is 5.82 Å². The summed E-state index contributed by atoms with van der Waals surface area (Å²) in [7, 11) is 1.78. The zero-order chi connectivity index (χ0) is 18.2. The second kappa shape index (κ2) is 11.7. The highest BCUT2D eigenvalue weighted by Gasteiger charge is 2.23. The van der Waals surface area contributed by atoms with Gasteiger partial charge < -0.3 is 15.4 Å². The molecule has 0 aromatic heterocycles. The van der Waals surface area contributed by atoms with E-state index in [1.54, 1.807) is 7.05 Å². The van der Waals surface area contributed by atoms with Crippen molar-refractivity contribution in [3.05, 3.63) is 35.6 Å². The molecule has 148 valence electrons. The van der Waals surface area contributed by atoms with E-state index < -0.39 is 0 Å². The molecule has 26 heavy (non-hydrogen) atoms. The van der Waals surface area contributed by atoms with Crippen molar-refractivity contribution in [2.75, 3.05) is 39.9 Å². The third-order valence-electron chi connectivity index (χ3n) is 4.79. The number of ether oxygens (including phenoxy) is 1. The first-order valence-corrected chi connectivity index (χ1v) is 9.05. The fourth-order valence-electron chi connectivity index (χ4n) is 2.80. The minimum atomic E-state index is -0.208. The lowest BCUT2D eigenvalue weighted by Gasteiger charge is -2.35. The lowest BCUT2D eigenvalue weighted by Crippen LogP contribution is -2.48. The predicted octanol–water partition coefficient (Wildman–Crippen LogP) is 3.03. The summed E-state index contributed by atoms with van der Waals surface area (Å²) in [5.74, 6) is 1.10. The standard InChI is InChI=1S/C19H31FN4O.HI/c1-14(2)15(3)23-19(21-4)22-13-18(24-9-11-25-12-10-24)16-5-7-17(20)8-6-16;/h5-8,14-15,18H,9-13H2,1-4H3,(H2,21,22,23);1H. The van der Waals surface area contributed by atoms with Gasteiger partial charge in [0.2, 0.25) is 0 Å². The predicted molar refractivity (Wildman–Crippen MR) is 116 cm³/mol. The van der Waals surface area contributed by atoms with Gasteiger partial charge in [-0.05, 0) is 30.5 Å². The highest BCUT2D eigenvalue weighted by Crippen LogP contribution is 2.21. The van der Waals surface area contributed by atoms with E-state index in [-0.39, 0.29) is 35.8 Å². The molecule has 5 nitrogen and oxygen atoms in total. The van der Waals surface area contributed by atoms with Gasteiger partial charge in [0, 0.05) is 32.7 Å². The first kappa shape index (κ1) is 23.1. The Morgan fingerprint density at radius 1 is 1.19 bits per heavy atom. The Morgan fingerprint density at radius 2 is 1.81 bits per heavy atom. The first-order valence-electron chi connectivity index (χ1n) is 9.05. The van der Waals surface area contributed by atoms with Crippen molar-refractivity contribution in [3.8, 4) is 0 Å². The zero-order valence-electron chi connectivity index (χ0n) is 16.2. The fourth-order valence-corrected chi connectivity index (χ4v) is 2.80. The zero-order valence-corrected chi connectivity index (χ0v) is 18.5. The summed E-state index contributed by atoms with van der Waals surface area (Å²) >= 11 is 0. The normalized spacial score (nSPS) is 18.2. The lowest BCUT2D eigenvalue weighted by molar-refractivity contribution is 0.0169. The largest absolute Gasteiger partial charge is 0.379 e. The Kier molecular flexibility index (Phi) is 10.4. The van der Waals surface area contributed by atoms with E-state index in [1.807, 2.05) is 12.1 Å². The van der Waals surface area contributed by atoms with Crippen LogP contribution in [0.4, 0.5) is 4.39 Å². The van der Waals surface area contributed by atoms with Gasteiger partial charge in [-0.15, -0.1) is 24.0 Å². The van der Waals surface area contributed by atoms with Crippen molar-refractivity contribution in [3.63, 3.8) is 0 Å². The molecule has 2 unspecified atom stereocenters. The number of halogens is 2. The van der Waals surface area contributed by atoms with E-state index in [0.29, 0.717) is 18.5 Å². The highest BCUT2D eigenvalue weighted by molar-refractivity contribution is 14.0. The van der Waals surface area contributed by atoms with E-state index in [9.17, 15) is 4.39 Å². The van der Waals surface area contributed by atoms with Crippen molar-refractivity contribution in [2.45, 2.75) is 32.9 Å². The molecule has 0 saturated carbocycles. The van der Waals surface area contributed by atoms with Gasteiger partial charge in [-0.2, -0.15) is 0 Å². The minimum absolute atomic E-state index is 0. The average molecular weight is 478 g/mol. The summed E-state index contributed by atoms with van der Waals surface area (Å²) in [5, 5.41) is 6.85. The summed E-state index contributed by atoms with van der Waals surface area (Å²) in [5.41, 5.74) is 1.10. The molecule has 0 spiro atoms. The molecule has 1 saturated heterocycles. The van der Waals surface area contributed by atoms with Crippen molar-refractivity contribution in [1.29, 1.82) is 0 Å². The number of hydrogen-bond acceptors (Lipinski definition) is 3. The smallest absolute Gasteiger partial charge is 0.191 e. The van der Waals surface area contributed by atoms with Crippen LogP contribution >= 0.6 is 24.0 Å². The first-order chi connectivity index (χ1) is 12.0. The Morgan fingerprint density at radius 3 is 2.35 bits per heavy atom. The molecule has 0 bridgehead atoms. The van der Waals surface area contributed by atoms with Gasteiger partial charge in [-0.3, -0.25) is 9.89 Å². The summed E-state index contributed by atoms with van der Waals surface area (Å²) in [4.78, 5) is 6.70. The van der Waals surface area contributed by atoms with Gasteiger partial charge in [0.15, 0.2) is 5.96 Å². The highest BCUT2D eigenvalue weighted by atomic mass is 127. The van der Waals surface area contributed by atoms with Crippen LogP contribution in [0.5, 0.6) is 0 Å². The second-order valence-corrected chi connectivity index (χ2v) is 6.85. The number of aliphatic imine (C=N–C) groups is 1. The summed E-state index contributed by atoms with van der Waals surface area (Å²) < 4.78 is 18.8. The Bertz CT molecular complexity index is 547. The van der Waals surface area contributed by atoms with E-state index >= 15 is 0 Å². The quantitative estimate of drug-likeness (QED) is 0.375. The molecule has 1 aromatic rings. The van der Waals surface area contributed by atoms with E-state index in [1.165, 1.54) is 12.1 Å². The molecule has 2 N–H and O–H groups in total. The maximum atomic E-state index is 13.3. The van der Waals surface area contributed by atoms with Crippen LogP contribution in [0.15, 0.2) is 29.3 Å². The Labute approximate surface area is 173 Å².